The predicted molar refractivity (Wildman–Crippen MR) is 52.0 cm³/mol. The SMILES string of the molecule is CCOc1cc(C(N)CO)nc(C)n1. The van der Waals surface area contributed by atoms with E-state index in [0.717, 1.165) is 0 Å². The van der Waals surface area contributed by atoms with Crippen LogP contribution in [0.5, 0.6) is 5.88 Å². The Morgan fingerprint density at radius 1 is 1.57 bits per heavy atom. The lowest BCUT2D eigenvalue weighted by atomic mass is 10.2. The Kier molecular flexibility index (Phi) is 3.79. The summed E-state index contributed by atoms with van der Waals surface area (Å²) in [6.45, 7) is 4.05. The summed E-state index contributed by atoms with van der Waals surface area (Å²) in [5.74, 6) is 1.09. The van der Waals surface area contributed by atoms with Crippen LogP contribution >= 0.6 is 0 Å². The second kappa shape index (κ2) is 4.88. The summed E-state index contributed by atoms with van der Waals surface area (Å²) < 4.78 is 5.23. The van der Waals surface area contributed by atoms with Crippen molar-refractivity contribution in [3.8, 4) is 5.88 Å². The zero-order valence-electron chi connectivity index (χ0n) is 8.40. The van der Waals surface area contributed by atoms with Gasteiger partial charge in [-0.2, -0.15) is 4.98 Å². The number of hydrogen-bond donors (Lipinski definition) is 2. The van der Waals surface area contributed by atoms with Crippen molar-refractivity contribution in [2.24, 2.45) is 5.73 Å². The maximum Gasteiger partial charge on any atom is 0.216 e. The van der Waals surface area contributed by atoms with Gasteiger partial charge in [0.05, 0.1) is 24.9 Å². The number of aliphatic hydroxyl groups excluding tert-OH is 1. The van der Waals surface area contributed by atoms with Crippen LogP contribution in [0.4, 0.5) is 0 Å². The van der Waals surface area contributed by atoms with E-state index in [0.29, 0.717) is 24.0 Å². The Hall–Kier alpha value is -1.20. The zero-order chi connectivity index (χ0) is 10.6. The van der Waals surface area contributed by atoms with Crippen molar-refractivity contribution in [1.82, 2.24) is 9.97 Å². The molecule has 5 nitrogen and oxygen atoms in total. The van der Waals surface area contributed by atoms with Crippen LogP contribution in [0.2, 0.25) is 0 Å². The second-order valence-corrected chi connectivity index (χ2v) is 2.90. The first-order valence-corrected chi connectivity index (χ1v) is 4.52. The largest absolute Gasteiger partial charge is 0.478 e. The summed E-state index contributed by atoms with van der Waals surface area (Å²) in [6.07, 6.45) is 0. The Morgan fingerprint density at radius 3 is 2.86 bits per heavy atom. The van der Waals surface area contributed by atoms with E-state index >= 15 is 0 Å². The Morgan fingerprint density at radius 2 is 2.29 bits per heavy atom. The van der Waals surface area contributed by atoms with Crippen LogP contribution in [0.25, 0.3) is 0 Å². The number of ether oxygens (including phenoxy) is 1. The van der Waals surface area contributed by atoms with Crippen molar-refractivity contribution in [1.29, 1.82) is 0 Å². The normalized spacial score (nSPS) is 12.6. The molecule has 0 saturated heterocycles. The van der Waals surface area contributed by atoms with E-state index in [1.165, 1.54) is 0 Å². The molecule has 0 aromatic carbocycles. The molecule has 0 aliphatic carbocycles. The third-order valence-electron chi connectivity index (χ3n) is 1.70. The van der Waals surface area contributed by atoms with E-state index in [9.17, 15) is 0 Å². The van der Waals surface area contributed by atoms with Crippen molar-refractivity contribution in [3.63, 3.8) is 0 Å². The molecule has 0 fully saturated rings. The number of aliphatic hydroxyl groups is 1. The first-order chi connectivity index (χ1) is 6.67. The molecule has 1 aromatic rings. The number of hydrogen-bond acceptors (Lipinski definition) is 5. The van der Waals surface area contributed by atoms with Crippen molar-refractivity contribution in [3.05, 3.63) is 17.6 Å². The molecule has 0 aliphatic heterocycles. The topological polar surface area (TPSA) is 81.3 Å². The van der Waals surface area contributed by atoms with E-state index < -0.39 is 6.04 Å². The lowest BCUT2D eigenvalue weighted by molar-refractivity contribution is 0.264. The summed E-state index contributed by atoms with van der Waals surface area (Å²) >= 11 is 0. The number of aryl methyl sites for hydroxylation is 1. The highest BCUT2D eigenvalue weighted by Gasteiger charge is 2.09. The monoisotopic (exact) mass is 197 g/mol. The number of nitrogens with two attached hydrogens (primary N) is 1. The molecule has 1 heterocycles. The van der Waals surface area contributed by atoms with E-state index in [1.54, 1.807) is 13.0 Å². The summed E-state index contributed by atoms with van der Waals surface area (Å²) in [6, 6.07) is 1.17. The van der Waals surface area contributed by atoms with Gasteiger partial charge in [-0.15, -0.1) is 0 Å². The van der Waals surface area contributed by atoms with Gasteiger partial charge in [-0.1, -0.05) is 0 Å². The predicted octanol–water partition coefficient (Wildman–Crippen LogP) is 0.176. The van der Waals surface area contributed by atoms with Crippen LogP contribution in [0.1, 0.15) is 24.5 Å². The van der Waals surface area contributed by atoms with Crippen LogP contribution < -0.4 is 10.5 Å². The van der Waals surface area contributed by atoms with Gasteiger partial charge in [-0.3, -0.25) is 0 Å². The highest BCUT2D eigenvalue weighted by atomic mass is 16.5. The third kappa shape index (κ3) is 2.65. The van der Waals surface area contributed by atoms with Crippen molar-refractivity contribution in [2.45, 2.75) is 19.9 Å². The van der Waals surface area contributed by atoms with Gasteiger partial charge in [0.25, 0.3) is 0 Å². The van der Waals surface area contributed by atoms with E-state index in [-0.39, 0.29) is 6.61 Å². The fourth-order valence-electron chi connectivity index (χ4n) is 1.07. The van der Waals surface area contributed by atoms with Crippen molar-refractivity contribution >= 4 is 0 Å². The zero-order valence-corrected chi connectivity index (χ0v) is 8.40. The molecule has 0 spiro atoms. The first kappa shape index (κ1) is 10.9. The molecule has 0 radical (unpaired) electrons. The van der Waals surface area contributed by atoms with Gasteiger partial charge in [0.2, 0.25) is 5.88 Å². The molecule has 0 saturated carbocycles. The number of nitrogens with zero attached hydrogens (tertiary/aromatic N) is 2. The number of aromatic nitrogens is 2. The minimum absolute atomic E-state index is 0.137. The maximum atomic E-state index is 8.87. The molecular weight excluding hydrogens is 182 g/mol. The lowest BCUT2D eigenvalue weighted by Crippen LogP contribution is -2.17. The molecule has 0 aliphatic rings. The first-order valence-electron chi connectivity index (χ1n) is 4.52. The summed E-state index contributed by atoms with van der Waals surface area (Å²) in [5.41, 5.74) is 6.23. The van der Waals surface area contributed by atoms with Gasteiger partial charge in [-0.05, 0) is 13.8 Å². The van der Waals surface area contributed by atoms with Gasteiger partial charge < -0.3 is 15.6 Å². The van der Waals surface area contributed by atoms with E-state index in [1.807, 2.05) is 6.92 Å². The van der Waals surface area contributed by atoms with Gasteiger partial charge in [0.1, 0.15) is 5.82 Å². The Labute approximate surface area is 82.9 Å². The van der Waals surface area contributed by atoms with Crippen LogP contribution in [-0.4, -0.2) is 28.3 Å². The smallest absolute Gasteiger partial charge is 0.216 e. The van der Waals surface area contributed by atoms with Crippen molar-refractivity contribution in [2.75, 3.05) is 13.2 Å². The molecule has 0 bridgehead atoms. The molecule has 1 rings (SSSR count). The molecular formula is C9H15N3O2. The fraction of sp³-hybridized carbons (Fsp3) is 0.556. The maximum absolute atomic E-state index is 8.87. The van der Waals surface area contributed by atoms with Crippen LogP contribution in [0.3, 0.4) is 0 Å². The van der Waals surface area contributed by atoms with E-state index in [4.69, 9.17) is 15.6 Å². The average Bonchev–Trinajstić information content (AvgIpc) is 2.16. The Bertz CT molecular complexity index is 304. The van der Waals surface area contributed by atoms with Gasteiger partial charge in [0, 0.05) is 6.07 Å². The molecule has 3 N–H and O–H groups in total. The summed E-state index contributed by atoms with van der Waals surface area (Å²) in [5, 5.41) is 8.87. The van der Waals surface area contributed by atoms with Gasteiger partial charge in [-0.25, -0.2) is 4.98 Å². The molecule has 0 amide bonds. The minimum atomic E-state index is -0.476. The lowest BCUT2D eigenvalue weighted by Gasteiger charge is -2.10. The molecule has 1 unspecified atom stereocenters. The highest BCUT2D eigenvalue weighted by Crippen LogP contribution is 2.13. The van der Waals surface area contributed by atoms with Crippen molar-refractivity contribution < 1.29 is 9.84 Å². The quantitative estimate of drug-likeness (QED) is 0.719. The average molecular weight is 197 g/mol. The molecule has 78 valence electrons. The Balaban J connectivity index is 2.94. The van der Waals surface area contributed by atoms with E-state index in [2.05, 4.69) is 9.97 Å². The fourth-order valence-corrected chi connectivity index (χ4v) is 1.07. The molecule has 5 heteroatoms. The standard InChI is InChI=1S/C9H15N3O2/c1-3-14-9-4-8(7(10)5-13)11-6(2)12-9/h4,7,13H,3,5,10H2,1-2H3. The molecule has 1 aromatic heterocycles. The second-order valence-electron chi connectivity index (χ2n) is 2.90. The molecule has 14 heavy (non-hydrogen) atoms. The summed E-state index contributed by atoms with van der Waals surface area (Å²) in [4.78, 5) is 8.18. The van der Waals surface area contributed by atoms with Crippen LogP contribution in [-0.2, 0) is 0 Å². The highest BCUT2D eigenvalue weighted by molar-refractivity contribution is 5.18. The van der Waals surface area contributed by atoms with Gasteiger partial charge >= 0.3 is 0 Å². The summed E-state index contributed by atoms with van der Waals surface area (Å²) in [7, 11) is 0. The van der Waals surface area contributed by atoms with Crippen LogP contribution in [0, 0.1) is 6.92 Å². The third-order valence-corrected chi connectivity index (χ3v) is 1.70. The number of rotatable bonds is 4. The van der Waals surface area contributed by atoms with Gasteiger partial charge in [0.15, 0.2) is 0 Å². The van der Waals surface area contributed by atoms with Crippen LogP contribution in [0.15, 0.2) is 6.07 Å². The molecule has 1 atom stereocenters. The minimum Gasteiger partial charge on any atom is -0.478 e.